The Hall–Kier alpha value is -5.47. The molecule has 4 aromatic rings. The number of pyridine rings is 1. The van der Waals surface area contributed by atoms with Crippen molar-refractivity contribution in [3.63, 3.8) is 0 Å². The molecule has 1 saturated carbocycles. The zero-order valence-corrected chi connectivity index (χ0v) is 29.9. The van der Waals surface area contributed by atoms with E-state index < -0.39 is 93.6 Å². The highest BCUT2D eigenvalue weighted by Crippen LogP contribution is 2.65. The van der Waals surface area contributed by atoms with Crippen molar-refractivity contribution >= 4 is 69.4 Å². The topological polar surface area (TPSA) is 157 Å². The molecule has 0 bridgehead atoms. The van der Waals surface area contributed by atoms with E-state index in [1.807, 2.05) is 6.08 Å². The van der Waals surface area contributed by atoms with Crippen molar-refractivity contribution in [1.29, 1.82) is 0 Å². The van der Waals surface area contributed by atoms with E-state index in [4.69, 9.17) is 23.2 Å². The molecule has 2 aliphatic heterocycles. The van der Waals surface area contributed by atoms with Gasteiger partial charge in [0.05, 0.1) is 40.2 Å². The summed E-state index contributed by atoms with van der Waals surface area (Å²) in [5, 5.41) is 21.8. The highest BCUT2D eigenvalue weighted by atomic mass is 35.5. The van der Waals surface area contributed by atoms with Crippen molar-refractivity contribution < 1.29 is 47.4 Å². The summed E-state index contributed by atoms with van der Waals surface area (Å²) >= 11 is 12.6. The van der Waals surface area contributed by atoms with E-state index in [9.17, 15) is 42.6 Å². The number of phenolic OH excluding ortho intramolecular Hbond substituents is 1. The number of alkyl halides is 3. The minimum Gasteiger partial charge on any atom is -0.507 e. The number of carboxylic acid groups (broad SMARTS) is 1. The summed E-state index contributed by atoms with van der Waals surface area (Å²) in [5.74, 6) is -9.16. The molecule has 3 heterocycles. The molecule has 0 spiro atoms. The Labute approximate surface area is 320 Å². The molecule has 4 aliphatic rings. The zero-order chi connectivity index (χ0) is 39.1. The largest absolute Gasteiger partial charge is 0.507 e. The number of aromatic nitrogens is 1. The predicted octanol–water partition coefficient (Wildman–Crippen LogP) is 6.73. The number of anilines is 1. The van der Waals surface area contributed by atoms with E-state index in [0.717, 1.165) is 4.90 Å². The molecule has 2 aliphatic carbocycles. The minimum atomic E-state index is -4.77. The molecule has 2 saturated heterocycles. The first-order valence-corrected chi connectivity index (χ1v) is 18.0. The molecule has 3 N–H and O–H groups in total. The van der Waals surface area contributed by atoms with Gasteiger partial charge >= 0.3 is 12.1 Å². The summed E-state index contributed by atoms with van der Waals surface area (Å²) < 4.78 is 40.5. The van der Waals surface area contributed by atoms with E-state index in [1.165, 1.54) is 6.07 Å². The molecule has 16 heteroatoms. The molecule has 8 rings (SSSR count). The number of imide groups is 2. The Morgan fingerprint density at radius 1 is 0.945 bits per heavy atom. The monoisotopic (exact) mass is 792 g/mol. The van der Waals surface area contributed by atoms with Crippen LogP contribution in [0.15, 0.2) is 84.6 Å². The standard InChI is InChI=1S/C39H29Cl2F3N4O7/c40-20-7-5-18(6-8-20)38-27(35(53)48(37(38)55)46-33-28(41)15-19(17-45-33)39(42,43)44)16-26-24(32(38)23-11-12-29(49)22-4-2-1-3-21(22)23)9-10-25-31(26)36(54)47(34(25)52)14-13-30(50)51/h1-9,11-12,15,17,25-27,31-32,49H,10,13-14,16H2,(H,45,46)(H,50,51). The van der Waals surface area contributed by atoms with E-state index in [0.29, 0.717) is 49.8 Å². The van der Waals surface area contributed by atoms with Gasteiger partial charge in [-0.1, -0.05) is 77.3 Å². The number of rotatable bonds is 7. The third-order valence-corrected chi connectivity index (χ3v) is 12.0. The molecule has 6 atom stereocenters. The summed E-state index contributed by atoms with van der Waals surface area (Å²) in [6.45, 7) is -0.331. The van der Waals surface area contributed by atoms with E-state index in [1.54, 1.807) is 54.6 Å². The SMILES string of the molecule is O=C(O)CCN1C(=O)C2CC=C3C(CC4C(=O)N(Nc5ncc(C(F)(F)F)cc5Cl)C(=O)C4(c4ccc(Cl)cc4)C3c3ccc(O)c4ccccc34)C2C1=O. The first-order chi connectivity index (χ1) is 26.1. The third-order valence-electron chi connectivity index (χ3n) is 11.4. The van der Waals surface area contributed by atoms with Gasteiger partial charge in [0.1, 0.15) is 5.75 Å². The quantitative estimate of drug-likeness (QED) is 0.137. The van der Waals surface area contributed by atoms with Crippen LogP contribution in [0, 0.1) is 23.7 Å². The smallest absolute Gasteiger partial charge is 0.417 e. The van der Waals surface area contributed by atoms with Gasteiger partial charge in [0.25, 0.3) is 11.8 Å². The molecule has 6 unspecified atom stereocenters. The Bertz CT molecular complexity index is 2370. The van der Waals surface area contributed by atoms with Crippen LogP contribution in [0.2, 0.25) is 10.0 Å². The molecule has 55 heavy (non-hydrogen) atoms. The lowest BCUT2D eigenvalue weighted by Gasteiger charge is -2.51. The maximum atomic E-state index is 15.4. The van der Waals surface area contributed by atoms with E-state index in [-0.39, 0.29) is 25.1 Å². The lowest BCUT2D eigenvalue weighted by molar-refractivity contribution is -0.143. The number of nitrogens with one attached hydrogen (secondary N) is 1. The number of phenols is 1. The number of aliphatic carboxylic acids is 1. The fourth-order valence-electron chi connectivity index (χ4n) is 9.18. The van der Waals surface area contributed by atoms with Crippen LogP contribution in [0.5, 0.6) is 5.75 Å². The Balaban J connectivity index is 1.35. The zero-order valence-electron chi connectivity index (χ0n) is 28.4. The number of carbonyl (C=O) groups is 5. The number of allylic oxidation sites excluding steroid dienone is 2. The van der Waals surface area contributed by atoms with Crippen molar-refractivity contribution in [1.82, 2.24) is 14.9 Å². The van der Waals surface area contributed by atoms with Crippen LogP contribution in [0.4, 0.5) is 19.0 Å². The maximum absolute atomic E-state index is 15.4. The van der Waals surface area contributed by atoms with Crippen molar-refractivity contribution in [3.05, 3.63) is 111 Å². The van der Waals surface area contributed by atoms with Gasteiger partial charge in [-0.3, -0.25) is 34.3 Å². The Morgan fingerprint density at radius 3 is 2.33 bits per heavy atom. The summed E-state index contributed by atoms with van der Waals surface area (Å²) in [6, 6.07) is 17.0. The molecular formula is C39H29Cl2F3N4O7. The number of hydrogen-bond acceptors (Lipinski definition) is 8. The number of hydrogen-bond donors (Lipinski definition) is 3. The van der Waals surface area contributed by atoms with Crippen LogP contribution in [0.1, 0.15) is 41.9 Å². The van der Waals surface area contributed by atoms with Crippen molar-refractivity contribution in [2.45, 2.75) is 36.8 Å². The summed E-state index contributed by atoms with van der Waals surface area (Å²) in [7, 11) is 0. The van der Waals surface area contributed by atoms with Crippen molar-refractivity contribution in [2.75, 3.05) is 12.0 Å². The molecule has 11 nitrogen and oxygen atoms in total. The van der Waals surface area contributed by atoms with Gasteiger partial charge in [-0.05, 0) is 59.5 Å². The Morgan fingerprint density at radius 2 is 1.65 bits per heavy atom. The number of halogens is 5. The first-order valence-electron chi connectivity index (χ1n) is 17.3. The van der Waals surface area contributed by atoms with Crippen molar-refractivity contribution in [3.8, 4) is 5.75 Å². The van der Waals surface area contributed by atoms with Crippen LogP contribution in [-0.2, 0) is 35.6 Å². The highest BCUT2D eigenvalue weighted by Gasteiger charge is 2.70. The Kier molecular flexibility index (Phi) is 8.69. The second-order valence-corrected chi connectivity index (χ2v) is 15.0. The number of nitrogens with zero attached hydrogens (tertiary/aromatic N) is 3. The second kappa shape index (κ2) is 13.1. The van der Waals surface area contributed by atoms with Crippen molar-refractivity contribution in [2.24, 2.45) is 23.7 Å². The minimum absolute atomic E-state index is 0.0488. The number of likely N-dealkylation sites (tertiary alicyclic amines) is 1. The normalized spacial score (nSPS) is 26.2. The number of carbonyl (C=O) groups excluding carboxylic acids is 4. The van der Waals surface area contributed by atoms with Gasteiger partial charge in [-0.25, -0.2) is 4.98 Å². The van der Waals surface area contributed by atoms with Gasteiger partial charge in [-0.15, -0.1) is 0 Å². The second-order valence-electron chi connectivity index (χ2n) is 14.1. The van der Waals surface area contributed by atoms with Gasteiger partial charge in [-0.2, -0.15) is 18.2 Å². The number of aromatic hydroxyl groups is 1. The summed E-state index contributed by atoms with van der Waals surface area (Å²) in [4.78, 5) is 74.3. The van der Waals surface area contributed by atoms with Crippen LogP contribution >= 0.6 is 23.2 Å². The fourth-order valence-corrected chi connectivity index (χ4v) is 9.51. The van der Waals surface area contributed by atoms with Gasteiger partial charge in [0.2, 0.25) is 11.8 Å². The first kappa shape index (κ1) is 36.5. The fraction of sp³-hybridized carbons (Fsp3) is 0.282. The molecule has 3 aromatic carbocycles. The summed E-state index contributed by atoms with van der Waals surface area (Å²) in [5.41, 5.74) is 1.16. The van der Waals surface area contributed by atoms with Crippen LogP contribution in [0.3, 0.4) is 0 Å². The lowest BCUT2D eigenvalue weighted by Crippen LogP contribution is -2.53. The lowest BCUT2D eigenvalue weighted by atomic mass is 9.49. The number of carboxylic acids is 1. The molecule has 1 aromatic heterocycles. The molecule has 282 valence electrons. The number of fused-ring (bicyclic) bond motifs is 5. The van der Waals surface area contributed by atoms with Gasteiger partial charge < -0.3 is 10.2 Å². The number of benzene rings is 3. The maximum Gasteiger partial charge on any atom is 0.417 e. The molecule has 4 amide bonds. The summed E-state index contributed by atoms with van der Waals surface area (Å²) in [6.07, 6.45) is -2.91. The molecular weight excluding hydrogens is 764 g/mol. The van der Waals surface area contributed by atoms with E-state index >= 15 is 4.79 Å². The predicted molar refractivity (Wildman–Crippen MR) is 191 cm³/mol. The van der Waals surface area contributed by atoms with Crippen LogP contribution < -0.4 is 5.43 Å². The third kappa shape index (κ3) is 5.55. The average molecular weight is 794 g/mol. The highest BCUT2D eigenvalue weighted by molar-refractivity contribution is 6.33. The average Bonchev–Trinajstić information content (AvgIpc) is 3.52. The van der Waals surface area contributed by atoms with Gasteiger partial charge in [0.15, 0.2) is 5.82 Å². The van der Waals surface area contributed by atoms with Gasteiger partial charge in [0, 0.05) is 29.1 Å². The number of hydrazine groups is 1. The van der Waals surface area contributed by atoms with E-state index in [2.05, 4.69) is 10.4 Å². The molecule has 0 radical (unpaired) electrons. The number of amides is 4. The molecule has 3 fully saturated rings. The van der Waals surface area contributed by atoms with Crippen LogP contribution in [0.25, 0.3) is 10.8 Å². The van der Waals surface area contributed by atoms with Crippen LogP contribution in [-0.4, -0.2) is 61.2 Å².